The van der Waals surface area contributed by atoms with E-state index in [2.05, 4.69) is 10.3 Å². The van der Waals surface area contributed by atoms with E-state index in [4.69, 9.17) is 0 Å². The summed E-state index contributed by atoms with van der Waals surface area (Å²) < 4.78 is 26.7. The highest BCUT2D eigenvalue weighted by Crippen LogP contribution is 2.22. The number of carbonyl (C=O) groups excluding carboxylic acids is 1. The maximum Gasteiger partial charge on any atom is 0.264 e. The molecule has 0 saturated carbocycles. The van der Waals surface area contributed by atoms with Crippen molar-refractivity contribution in [3.05, 3.63) is 89.7 Å². The third-order valence-electron chi connectivity index (χ3n) is 4.37. The van der Waals surface area contributed by atoms with Crippen molar-refractivity contribution in [1.82, 2.24) is 10.3 Å². The average Bonchev–Trinajstić information content (AvgIpc) is 2.72. The Morgan fingerprint density at radius 2 is 1.57 bits per heavy atom. The molecular formula is C21H21N3O3S. The van der Waals surface area contributed by atoms with E-state index in [9.17, 15) is 13.2 Å². The van der Waals surface area contributed by atoms with Crippen molar-refractivity contribution in [3.8, 4) is 0 Å². The molecule has 1 amide bonds. The number of benzene rings is 2. The predicted octanol–water partition coefficient (Wildman–Crippen LogP) is 3.15. The number of sulfonamides is 1. The number of aryl methyl sites for hydroxylation is 1. The van der Waals surface area contributed by atoms with E-state index >= 15 is 0 Å². The van der Waals surface area contributed by atoms with Gasteiger partial charge in [0, 0.05) is 31.5 Å². The van der Waals surface area contributed by atoms with Crippen molar-refractivity contribution in [2.75, 3.05) is 11.4 Å². The zero-order valence-electron chi connectivity index (χ0n) is 15.7. The minimum absolute atomic E-state index is 0.222. The summed E-state index contributed by atoms with van der Waals surface area (Å²) in [7, 11) is -2.17. The van der Waals surface area contributed by atoms with Gasteiger partial charge in [0.1, 0.15) is 0 Å². The van der Waals surface area contributed by atoms with Crippen molar-refractivity contribution >= 4 is 21.6 Å². The fourth-order valence-electron chi connectivity index (χ4n) is 2.61. The molecule has 0 fully saturated rings. The van der Waals surface area contributed by atoms with Crippen molar-refractivity contribution in [3.63, 3.8) is 0 Å². The summed E-state index contributed by atoms with van der Waals surface area (Å²) in [5.41, 5.74) is 2.87. The number of amides is 1. The van der Waals surface area contributed by atoms with Crippen LogP contribution >= 0.6 is 0 Å². The molecule has 6 nitrogen and oxygen atoms in total. The van der Waals surface area contributed by atoms with Gasteiger partial charge in [0.2, 0.25) is 0 Å². The molecule has 7 heteroatoms. The number of hydrogen-bond donors (Lipinski definition) is 1. The fraction of sp³-hybridized carbons (Fsp3) is 0.143. The molecule has 1 N–H and O–H groups in total. The molecule has 1 heterocycles. The second-order valence-corrected chi connectivity index (χ2v) is 8.34. The highest BCUT2D eigenvalue weighted by molar-refractivity contribution is 7.92. The van der Waals surface area contributed by atoms with Gasteiger partial charge in [-0.05, 0) is 61.0 Å². The number of anilines is 1. The van der Waals surface area contributed by atoms with E-state index < -0.39 is 10.0 Å². The number of rotatable bonds is 6. The summed E-state index contributed by atoms with van der Waals surface area (Å²) in [4.78, 5) is 16.4. The second-order valence-electron chi connectivity index (χ2n) is 6.37. The Labute approximate surface area is 164 Å². The van der Waals surface area contributed by atoms with Crippen LogP contribution in [0.4, 0.5) is 5.69 Å². The van der Waals surface area contributed by atoms with Gasteiger partial charge in [0.05, 0.1) is 10.6 Å². The van der Waals surface area contributed by atoms with Crippen LogP contribution in [0.15, 0.2) is 78.0 Å². The molecule has 0 radical (unpaired) electrons. The van der Waals surface area contributed by atoms with Gasteiger partial charge in [0.25, 0.3) is 15.9 Å². The molecule has 0 spiro atoms. The third-order valence-corrected chi connectivity index (χ3v) is 6.17. The van der Waals surface area contributed by atoms with Gasteiger partial charge >= 0.3 is 0 Å². The number of hydrogen-bond acceptors (Lipinski definition) is 4. The molecule has 3 rings (SSSR count). The highest BCUT2D eigenvalue weighted by atomic mass is 32.2. The van der Waals surface area contributed by atoms with Crippen LogP contribution in [-0.2, 0) is 16.6 Å². The second kappa shape index (κ2) is 8.22. The van der Waals surface area contributed by atoms with Crippen LogP contribution in [0.2, 0.25) is 0 Å². The molecule has 1 aromatic heterocycles. The van der Waals surface area contributed by atoms with Crippen molar-refractivity contribution in [2.45, 2.75) is 18.4 Å². The first-order valence-corrected chi connectivity index (χ1v) is 10.1. The van der Waals surface area contributed by atoms with Crippen molar-refractivity contribution < 1.29 is 13.2 Å². The smallest absolute Gasteiger partial charge is 0.264 e. The minimum Gasteiger partial charge on any atom is -0.348 e. The van der Waals surface area contributed by atoms with Gasteiger partial charge < -0.3 is 5.32 Å². The number of carbonyl (C=O) groups is 1. The van der Waals surface area contributed by atoms with Crippen LogP contribution in [0.3, 0.4) is 0 Å². The third kappa shape index (κ3) is 4.37. The van der Waals surface area contributed by atoms with Crippen molar-refractivity contribution in [1.29, 1.82) is 0 Å². The van der Waals surface area contributed by atoms with E-state index in [0.717, 1.165) is 11.1 Å². The molecule has 0 unspecified atom stereocenters. The summed E-state index contributed by atoms with van der Waals surface area (Å²) in [6.45, 7) is 2.30. The van der Waals surface area contributed by atoms with Crippen molar-refractivity contribution in [2.24, 2.45) is 0 Å². The molecule has 3 aromatic rings. The number of nitrogens with zero attached hydrogens (tertiary/aromatic N) is 2. The molecule has 0 saturated heterocycles. The lowest BCUT2D eigenvalue weighted by molar-refractivity contribution is 0.0951. The van der Waals surface area contributed by atoms with Gasteiger partial charge in [-0.1, -0.05) is 17.7 Å². The molecule has 144 valence electrons. The highest BCUT2D eigenvalue weighted by Gasteiger charge is 2.21. The lowest BCUT2D eigenvalue weighted by atomic mass is 10.2. The molecule has 0 aliphatic rings. The van der Waals surface area contributed by atoms with Crippen LogP contribution in [0.5, 0.6) is 0 Å². The van der Waals surface area contributed by atoms with E-state index in [-0.39, 0.29) is 10.8 Å². The molecule has 28 heavy (non-hydrogen) atoms. The first-order valence-electron chi connectivity index (χ1n) is 8.71. The summed E-state index contributed by atoms with van der Waals surface area (Å²) in [6.07, 6.45) is 3.33. The quantitative estimate of drug-likeness (QED) is 0.695. The van der Waals surface area contributed by atoms with E-state index in [1.807, 2.05) is 19.1 Å². The normalized spacial score (nSPS) is 11.1. The molecule has 0 atom stereocenters. The van der Waals surface area contributed by atoms with Gasteiger partial charge in [-0.25, -0.2) is 8.42 Å². The van der Waals surface area contributed by atoms with E-state index in [1.165, 1.54) is 11.4 Å². The zero-order chi connectivity index (χ0) is 20.1. The van der Waals surface area contributed by atoms with Crippen LogP contribution in [-0.4, -0.2) is 26.4 Å². The number of aromatic nitrogens is 1. The average molecular weight is 395 g/mol. The summed E-state index contributed by atoms with van der Waals surface area (Å²) in [5, 5.41) is 2.83. The number of pyridine rings is 1. The Balaban J connectivity index is 1.70. The summed E-state index contributed by atoms with van der Waals surface area (Å²) in [5.74, 6) is -0.229. The molecule has 0 aliphatic heterocycles. The van der Waals surface area contributed by atoms with Crippen LogP contribution in [0.25, 0.3) is 0 Å². The standard InChI is InChI=1S/C21H21N3O3S/c1-16-3-9-20(10-4-16)28(26,27)24(2)19-7-5-18(6-8-19)21(25)23-15-17-11-13-22-14-12-17/h3-14H,15H2,1-2H3,(H,23,25). The largest absolute Gasteiger partial charge is 0.348 e. The molecule has 0 bridgehead atoms. The topological polar surface area (TPSA) is 79.4 Å². The Morgan fingerprint density at radius 3 is 2.18 bits per heavy atom. The zero-order valence-corrected chi connectivity index (χ0v) is 16.5. The molecular weight excluding hydrogens is 374 g/mol. The SMILES string of the molecule is Cc1ccc(S(=O)(=O)N(C)c2ccc(C(=O)NCc3ccncc3)cc2)cc1. The molecule has 2 aromatic carbocycles. The van der Waals surface area contributed by atoms with Crippen LogP contribution in [0, 0.1) is 6.92 Å². The Hall–Kier alpha value is -3.19. The molecule has 0 aliphatic carbocycles. The maximum absolute atomic E-state index is 12.8. The van der Waals surface area contributed by atoms with Gasteiger partial charge in [-0.15, -0.1) is 0 Å². The Kier molecular flexibility index (Phi) is 5.75. The van der Waals surface area contributed by atoms with Gasteiger partial charge in [-0.3, -0.25) is 14.1 Å². The first-order chi connectivity index (χ1) is 13.4. The Bertz CT molecular complexity index is 1050. The van der Waals surface area contributed by atoms with Gasteiger partial charge in [0.15, 0.2) is 0 Å². The maximum atomic E-state index is 12.8. The van der Waals surface area contributed by atoms with Crippen LogP contribution < -0.4 is 9.62 Å². The summed E-state index contributed by atoms with van der Waals surface area (Å²) >= 11 is 0. The van der Waals surface area contributed by atoms with Crippen LogP contribution in [0.1, 0.15) is 21.5 Å². The van der Waals surface area contributed by atoms with E-state index in [0.29, 0.717) is 17.8 Å². The number of nitrogens with one attached hydrogen (secondary N) is 1. The fourth-order valence-corrected chi connectivity index (χ4v) is 3.81. The minimum atomic E-state index is -3.66. The Morgan fingerprint density at radius 1 is 0.964 bits per heavy atom. The van der Waals surface area contributed by atoms with E-state index in [1.54, 1.807) is 60.9 Å². The first kappa shape index (κ1) is 19.6. The summed E-state index contributed by atoms with van der Waals surface area (Å²) in [6, 6.07) is 16.8. The van der Waals surface area contributed by atoms with Gasteiger partial charge in [-0.2, -0.15) is 0 Å². The predicted molar refractivity (Wildman–Crippen MR) is 109 cm³/mol. The lowest BCUT2D eigenvalue weighted by Gasteiger charge is -2.20. The monoisotopic (exact) mass is 395 g/mol. The lowest BCUT2D eigenvalue weighted by Crippen LogP contribution is -2.27.